The Balaban J connectivity index is 0.00000300. The highest BCUT2D eigenvalue weighted by Crippen LogP contribution is 2.32. The molecule has 0 saturated heterocycles. The Hall–Kier alpha value is -1.67. The van der Waals surface area contributed by atoms with Crippen molar-refractivity contribution in [2.24, 2.45) is 0 Å². The number of hydrogen-bond acceptors (Lipinski definition) is 5. The third-order valence-corrected chi connectivity index (χ3v) is 5.97. The summed E-state index contributed by atoms with van der Waals surface area (Å²) in [6.07, 6.45) is 0.883. The van der Waals surface area contributed by atoms with Gasteiger partial charge in [-0.3, -0.25) is 9.69 Å². The van der Waals surface area contributed by atoms with Gasteiger partial charge in [0.15, 0.2) is 5.13 Å². The van der Waals surface area contributed by atoms with Crippen LogP contribution in [0.1, 0.15) is 16.8 Å². The van der Waals surface area contributed by atoms with Gasteiger partial charge in [-0.15, -0.1) is 12.4 Å². The van der Waals surface area contributed by atoms with Gasteiger partial charge >= 0.3 is 0 Å². The summed E-state index contributed by atoms with van der Waals surface area (Å²) in [4.78, 5) is 24.0. The van der Waals surface area contributed by atoms with Crippen molar-refractivity contribution in [2.45, 2.75) is 6.42 Å². The third-order valence-electron chi connectivity index (χ3n) is 4.43. The Kier molecular flexibility index (Phi) is 8.46. The van der Waals surface area contributed by atoms with Gasteiger partial charge in [-0.2, -0.15) is 0 Å². The summed E-state index contributed by atoms with van der Waals surface area (Å²) < 4.78 is 2.08. The van der Waals surface area contributed by atoms with Crippen LogP contribution in [0.5, 0.6) is 0 Å². The van der Waals surface area contributed by atoms with Gasteiger partial charge in [-0.1, -0.05) is 27.3 Å². The standard InChI is InChI=1S/C21H25BrN4OS.ClH/c1-24(2)12-5-13-26(20(27)15-6-9-17(10-7-15)25(3)4)21-23-18-11-8-16(22)14-19(18)28-21;/h6-11,14H,5,12-13H2,1-4H3;1H. The zero-order valence-electron chi connectivity index (χ0n) is 17.1. The molecule has 2 aromatic carbocycles. The summed E-state index contributed by atoms with van der Waals surface area (Å²) in [5, 5.41) is 0.744. The predicted octanol–water partition coefficient (Wildman–Crippen LogP) is 5.15. The van der Waals surface area contributed by atoms with Gasteiger partial charge in [0.2, 0.25) is 0 Å². The fourth-order valence-corrected chi connectivity index (χ4v) is 4.43. The van der Waals surface area contributed by atoms with Gasteiger partial charge in [-0.25, -0.2) is 4.98 Å². The van der Waals surface area contributed by atoms with Crippen LogP contribution >= 0.6 is 39.7 Å². The molecule has 0 spiro atoms. The average Bonchev–Trinajstić information content (AvgIpc) is 3.07. The number of amides is 1. The predicted molar refractivity (Wildman–Crippen MR) is 130 cm³/mol. The molecule has 0 saturated carbocycles. The number of nitrogens with zero attached hydrogens (tertiary/aromatic N) is 4. The van der Waals surface area contributed by atoms with E-state index in [2.05, 4.69) is 20.8 Å². The second kappa shape index (κ2) is 10.4. The van der Waals surface area contributed by atoms with E-state index in [-0.39, 0.29) is 18.3 Å². The molecule has 8 heteroatoms. The average molecular weight is 498 g/mol. The molecular weight excluding hydrogens is 472 g/mol. The molecule has 29 heavy (non-hydrogen) atoms. The van der Waals surface area contributed by atoms with Crippen molar-refractivity contribution >= 4 is 66.6 Å². The largest absolute Gasteiger partial charge is 0.378 e. The molecule has 156 valence electrons. The number of carbonyl (C=O) groups excluding carboxylic acids is 1. The summed E-state index contributed by atoms with van der Waals surface area (Å²) in [5.41, 5.74) is 2.66. The van der Waals surface area contributed by atoms with E-state index in [1.807, 2.05) is 80.5 Å². The van der Waals surface area contributed by atoms with Crippen molar-refractivity contribution in [1.82, 2.24) is 9.88 Å². The van der Waals surface area contributed by atoms with Crippen molar-refractivity contribution in [2.75, 3.05) is 51.1 Å². The van der Waals surface area contributed by atoms with Crippen molar-refractivity contribution in [3.8, 4) is 0 Å². The number of fused-ring (bicyclic) bond motifs is 1. The van der Waals surface area contributed by atoms with E-state index in [0.717, 1.165) is 38.5 Å². The number of benzene rings is 2. The molecule has 3 rings (SSSR count). The lowest BCUT2D eigenvalue weighted by Gasteiger charge is -2.21. The zero-order chi connectivity index (χ0) is 20.3. The molecule has 0 fully saturated rings. The van der Waals surface area contributed by atoms with Crippen LogP contribution in [0, 0.1) is 0 Å². The minimum atomic E-state index is -0.0119. The van der Waals surface area contributed by atoms with Gasteiger partial charge in [0, 0.05) is 36.4 Å². The number of halogens is 2. The number of carbonyl (C=O) groups is 1. The van der Waals surface area contributed by atoms with Crippen molar-refractivity contribution in [3.05, 3.63) is 52.5 Å². The van der Waals surface area contributed by atoms with E-state index < -0.39 is 0 Å². The molecule has 1 heterocycles. The highest BCUT2D eigenvalue weighted by atomic mass is 79.9. The number of hydrogen-bond donors (Lipinski definition) is 0. The number of aromatic nitrogens is 1. The van der Waals surface area contributed by atoms with Gasteiger partial charge in [0.1, 0.15) is 0 Å². The molecule has 1 amide bonds. The first-order valence-electron chi connectivity index (χ1n) is 9.15. The fraction of sp³-hybridized carbons (Fsp3) is 0.333. The third kappa shape index (κ3) is 5.92. The van der Waals surface area contributed by atoms with Crippen LogP contribution in [0.3, 0.4) is 0 Å². The lowest BCUT2D eigenvalue weighted by molar-refractivity contribution is 0.0986. The van der Waals surface area contributed by atoms with E-state index >= 15 is 0 Å². The summed E-state index contributed by atoms with van der Waals surface area (Å²) in [6.45, 7) is 1.55. The van der Waals surface area contributed by atoms with E-state index in [0.29, 0.717) is 12.1 Å². The van der Waals surface area contributed by atoms with Crippen LogP contribution in [0.2, 0.25) is 0 Å². The molecule has 0 radical (unpaired) electrons. The molecule has 0 atom stereocenters. The Morgan fingerprint density at radius 3 is 2.34 bits per heavy atom. The molecule has 0 aliphatic carbocycles. The Morgan fingerprint density at radius 1 is 1.03 bits per heavy atom. The number of thiazole rings is 1. The van der Waals surface area contributed by atoms with Gasteiger partial charge in [-0.05, 0) is 69.5 Å². The highest BCUT2D eigenvalue weighted by molar-refractivity contribution is 9.10. The molecule has 3 aromatic rings. The molecule has 0 aliphatic rings. The molecule has 5 nitrogen and oxygen atoms in total. The van der Waals surface area contributed by atoms with E-state index in [1.54, 1.807) is 11.3 Å². The molecular formula is C21H26BrClN4OS. The molecule has 0 aliphatic heterocycles. The zero-order valence-corrected chi connectivity index (χ0v) is 20.3. The van der Waals surface area contributed by atoms with Crippen LogP contribution < -0.4 is 9.80 Å². The maximum Gasteiger partial charge on any atom is 0.260 e. The van der Waals surface area contributed by atoms with Crippen molar-refractivity contribution in [3.63, 3.8) is 0 Å². The molecule has 0 unspecified atom stereocenters. The van der Waals surface area contributed by atoms with Crippen LogP contribution in [0.15, 0.2) is 46.9 Å². The van der Waals surface area contributed by atoms with Crippen LogP contribution in [-0.2, 0) is 0 Å². The lowest BCUT2D eigenvalue weighted by Crippen LogP contribution is -2.33. The van der Waals surface area contributed by atoms with E-state index in [1.165, 1.54) is 0 Å². The van der Waals surface area contributed by atoms with Gasteiger partial charge in [0.25, 0.3) is 5.91 Å². The maximum atomic E-state index is 13.3. The first kappa shape index (κ1) is 23.6. The monoisotopic (exact) mass is 496 g/mol. The topological polar surface area (TPSA) is 39.7 Å². The van der Waals surface area contributed by atoms with E-state index in [4.69, 9.17) is 4.98 Å². The van der Waals surface area contributed by atoms with Crippen LogP contribution in [-0.4, -0.2) is 57.1 Å². The second-order valence-electron chi connectivity index (χ2n) is 7.16. The summed E-state index contributed by atoms with van der Waals surface area (Å²) in [6, 6.07) is 13.7. The fourth-order valence-electron chi connectivity index (χ4n) is 2.89. The van der Waals surface area contributed by atoms with Crippen LogP contribution in [0.25, 0.3) is 10.2 Å². The van der Waals surface area contributed by atoms with Crippen molar-refractivity contribution in [1.29, 1.82) is 0 Å². The smallest absolute Gasteiger partial charge is 0.260 e. The molecule has 0 bridgehead atoms. The maximum absolute atomic E-state index is 13.3. The Morgan fingerprint density at radius 2 is 1.72 bits per heavy atom. The Labute approximate surface area is 190 Å². The number of rotatable bonds is 7. The first-order valence-corrected chi connectivity index (χ1v) is 10.8. The molecule has 1 aromatic heterocycles. The normalized spacial score (nSPS) is 10.8. The summed E-state index contributed by atoms with van der Waals surface area (Å²) >= 11 is 5.06. The Bertz CT molecular complexity index is 959. The van der Waals surface area contributed by atoms with Crippen molar-refractivity contribution < 1.29 is 4.79 Å². The summed E-state index contributed by atoms with van der Waals surface area (Å²) in [5.74, 6) is -0.0119. The van der Waals surface area contributed by atoms with E-state index in [9.17, 15) is 4.79 Å². The number of anilines is 2. The summed E-state index contributed by atoms with van der Waals surface area (Å²) in [7, 11) is 8.07. The quantitative estimate of drug-likeness (QED) is 0.453. The van der Waals surface area contributed by atoms with Crippen LogP contribution in [0.4, 0.5) is 10.8 Å². The van der Waals surface area contributed by atoms with Gasteiger partial charge < -0.3 is 9.80 Å². The second-order valence-corrected chi connectivity index (χ2v) is 9.09. The lowest BCUT2D eigenvalue weighted by atomic mass is 10.1. The molecule has 0 N–H and O–H groups in total. The van der Waals surface area contributed by atoms with Gasteiger partial charge in [0.05, 0.1) is 10.2 Å². The minimum Gasteiger partial charge on any atom is -0.378 e. The minimum absolute atomic E-state index is 0. The SMILES string of the molecule is CN(C)CCCN(C(=O)c1ccc(N(C)C)cc1)c1nc2ccc(Br)cc2s1.Cl. The first-order chi connectivity index (χ1) is 13.3. The highest BCUT2D eigenvalue weighted by Gasteiger charge is 2.21.